The molecule has 0 aliphatic rings. The zero-order valence-electron chi connectivity index (χ0n) is 18.1. The van der Waals surface area contributed by atoms with Gasteiger partial charge in [0, 0.05) is 44.4 Å². The Labute approximate surface area is 177 Å². The fraction of sp³-hybridized carbons (Fsp3) is 0.409. The van der Waals surface area contributed by atoms with E-state index in [1.807, 2.05) is 45.4 Å². The van der Waals surface area contributed by atoms with Crippen molar-refractivity contribution in [3.63, 3.8) is 0 Å². The molecule has 30 heavy (non-hydrogen) atoms. The molecular formula is C22H32N6O2. The minimum absolute atomic E-state index is 0.0593. The fourth-order valence-electron chi connectivity index (χ4n) is 3.61. The Balaban J connectivity index is 2.08. The summed E-state index contributed by atoms with van der Waals surface area (Å²) in [6.45, 7) is 2.10. The summed E-state index contributed by atoms with van der Waals surface area (Å²) >= 11 is 0. The third-order valence-electron chi connectivity index (χ3n) is 5.14. The Kier molecular flexibility index (Phi) is 8.46. The Morgan fingerprint density at radius 1 is 1.23 bits per heavy atom. The highest BCUT2D eigenvalue weighted by Crippen LogP contribution is 2.28. The summed E-state index contributed by atoms with van der Waals surface area (Å²) < 4.78 is 0. The number of carboxylic acids is 1. The van der Waals surface area contributed by atoms with Crippen LogP contribution in [-0.2, 0) is 17.6 Å². The second kappa shape index (κ2) is 11.0. The highest BCUT2D eigenvalue weighted by Gasteiger charge is 2.19. The van der Waals surface area contributed by atoms with Gasteiger partial charge in [-0.2, -0.15) is 4.79 Å². The Hall–Kier alpha value is -3.29. The van der Waals surface area contributed by atoms with Gasteiger partial charge in [-0.05, 0) is 36.8 Å². The first-order valence-corrected chi connectivity index (χ1v) is 10.2. The lowest BCUT2D eigenvalue weighted by Gasteiger charge is -2.18. The van der Waals surface area contributed by atoms with Crippen molar-refractivity contribution in [3.8, 4) is 0 Å². The number of carboxylic acid groups (broad SMARTS) is 1. The van der Waals surface area contributed by atoms with E-state index in [1.165, 1.54) is 0 Å². The molecule has 5 N–H and O–H groups in total. The van der Waals surface area contributed by atoms with E-state index in [2.05, 4.69) is 28.1 Å². The van der Waals surface area contributed by atoms with Crippen LogP contribution in [0.5, 0.6) is 0 Å². The number of hydrogen-bond donors (Lipinski definition) is 5. The van der Waals surface area contributed by atoms with Gasteiger partial charge in [0.1, 0.15) is 0 Å². The van der Waals surface area contributed by atoms with E-state index in [-0.39, 0.29) is 5.92 Å². The third-order valence-corrected chi connectivity index (χ3v) is 5.14. The molecule has 8 nitrogen and oxygen atoms in total. The first-order valence-electron chi connectivity index (χ1n) is 10.2. The van der Waals surface area contributed by atoms with Crippen molar-refractivity contribution >= 4 is 23.3 Å². The zero-order valence-corrected chi connectivity index (χ0v) is 18.1. The maximum absolute atomic E-state index is 10.6. The van der Waals surface area contributed by atoms with Crippen LogP contribution in [0.1, 0.15) is 42.4 Å². The van der Waals surface area contributed by atoms with Crippen molar-refractivity contribution in [2.45, 2.75) is 38.5 Å². The lowest BCUT2D eigenvalue weighted by atomic mass is 9.88. The number of carbonyl (C=O) groups is 1. The smallest absolute Gasteiger partial charge is 0.327 e. The summed E-state index contributed by atoms with van der Waals surface area (Å²) in [5.41, 5.74) is 6.93. The van der Waals surface area contributed by atoms with Crippen molar-refractivity contribution in [2.75, 3.05) is 37.2 Å². The van der Waals surface area contributed by atoms with Gasteiger partial charge >= 0.3 is 5.97 Å². The van der Waals surface area contributed by atoms with Crippen LogP contribution in [0.15, 0.2) is 36.4 Å². The van der Waals surface area contributed by atoms with Crippen molar-refractivity contribution in [1.82, 2.24) is 9.89 Å². The number of aliphatic carboxylic acids is 1. The lowest BCUT2D eigenvalue weighted by molar-refractivity contribution is -0.131. The number of anilines is 2. The van der Waals surface area contributed by atoms with Crippen LogP contribution in [0.3, 0.4) is 0 Å². The van der Waals surface area contributed by atoms with E-state index in [0.717, 1.165) is 40.8 Å². The Bertz CT molecular complexity index is 886. The van der Waals surface area contributed by atoms with E-state index in [9.17, 15) is 4.79 Å². The standard InChI is InChI=1S/C22H32N6O2/c1-5-17(16-11-9-15(10-12-16)7-6-8-20(29)30)19(23)14-13-18-21(24-2)27-28(26-4)22(18)25-3/h6,8-12,17,23,25-26H,5,7,13-14H2,1-4H3,(H,24,27)(H,29,30)/b8-6+,23-19?/t17-/m0/s1. The van der Waals surface area contributed by atoms with Crippen molar-refractivity contribution in [1.29, 1.82) is 5.41 Å². The van der Waals surface area contributed by atoms with E-state index in [1.54, 1.807) is 10.9 Å². The molecule has 0 aliphatic carbocycles. The molecule has 0 bridgehead atoms. The zero-order chi connectivity index (χ0) is 22.1. The minimum Gasteiger partial charge on any atom is -0.478 e. The largest absolute Gasteiger partial charge is 0.478 e. The van der Waals surface area contributed by atoms with Crippen molar-refractivity contribution in [2.24, 2.45) is 0 Å². The van der Waals surface area contributed by atoms with Gasteiger partial charge in [-0.1, -0.05) is 37.3 Å². The molecule has 0 unspecified atom stereocenters. The molecular weight excluding hydrogens is 380 g/mol. The van der Waals surface area contributed by atoms with Gasteiger partial charge in [-0.15, -0.1) is 5.10 Å². The topological polar surface area (TPSA) is 115 Å². The fourth-order valence-corrected chi connectivity index (χ4v) is 3.61. The van der Waals surface area contributed by atoms with E-state index in [0.29, 0.717) is 25.0 Å². The minimum atomic E-state index is -0.936. The average Bonchev–Trinajstić information content (AvgIpc) is 3.10. The van der Waals surface area contributed by atoms with Crippen LogP contribution in [0.4, 0.5) is 11.6 Å². The molecule has 162 valence electrons. The molecule has 2 aromatic rings. The summed E-state index contributed by atoms with van der Waals surface area (Å²) in [6.07, 6.45) is 5.58. The molecule has 0 saturated carbocycles. The van der Waals surface area contributed by atoms with Gasteiger partial charge in [-0.3, -0.25) is 0 Å². The van der Waals surface area contributed by atoms with Crippen LogP contribution >= 0.6 is 0 Å². The molecule has 0 amide bonds. The van der Waals surface area contributed by atoms with Gasteiger partial charge in [0.05, 0.1) is 0 Å². The second-order valence-corrected chi connectivity index (χ2v) is 6.98. The van der Waals surface area contributed by atoms with Gasteiger partial charge in [0.15, 0.2) is 11.6 Å². The molecule has 0 fully saturated rings. The van der Waals surface area contributed by atoms with Crippen LogP contribution < -0.4 is 16.1 Å². The molecule has 0 saturated heterocycles. The first kappa shape index (κ1) is 23.0. The highest BCUT2D eigenvalue weighted by atomic mass is 16.4. The predicted molar refractivity (Wildman–Crippen MR) is 123 cm³/mol. The molecule has 1 aromatic heterocycles. The SMILES string of the molecule is CC[C@H](C(=N)CCc1c(NC)nn(NC)c1NC)c1ccc(C/C=C/C(=O)O)cc1. The summed E-state index contributed by atoms with van der Waals surface area (Å²) in [5, 5.41) is 28.2. The number of nitrogens with one attached hydrogen (secondary N) is 4. The molecule has 1 atom stereocenters. The Morgan fingerprint density at radius 2 is 1.93 bits per heavy atom. The highest BCUT2D eigenvalue weighted by molar-refractivity contribution is 5.88. The summed E-state index contributed by atoms with van der Waals surface area (Å²) in [6, 6.07) is 8.10. The average molecular weight is 413 g/mol. The number of nitrogens with zero attached hydrogens (tertiary/aromatic N) is 2. The van der Waals surface area contributed by atoms with Crippen LogP contribution in [-0.4, -0.2) is 47.8 Å². The number of allylic oxidation sites excluding steroid dienone is 1. The van der Waals surface area contributed by atoms with Crippen molar-refractivity contribution in [3.05, 3.63) is 53.1 Å². The normalized spacial score (nSPS) is 12.0. The van der Waals surface area contributed by atoms with Gasteiger partial charge < -0.3 is 26.6 Å². The first-order chi connectivity index (χ1) is 14.4. The molecule has 8 heteroatoms. The molecule has 0 aliphatic heterocycles. The summed E-state index contributed by atoms with van der Waals surface area (Å²) in [5.74, 6) is 0.813. The van der Waals surface area contributed by atoms with Crippen LogP contribution in [0.25, 0.3) is 0 Å². The molecule has 1 aromatic carbocycles. The number of rotatable bonds is 12. The number of hydrogen-bond acceptors (Lipinski definition) is 6. The van der Waals surface area contributed by atoms with E-state index in [4.69, 9.17) is 10.5 Å². The van der Waals surface area contributed by atoms with Crippen LogP contribution in [0.2, 0.25) is 0 Å². The van der Waals surface area contributed by atoms with E-state index >= 15 is 0 Å². The quantitative estimate of drug-likeness (QED) is 0.269. The maximum atomic E-state index is 10.6. The predicted octanol–water partition coefficient (Wildman–Crippen LogP) is 3.47. The lowest BCUT2D eigenvalue weighted by Crippen LogP contribution is -2.15. The number of benzene rings is 1. The van der Waals surface area contributed by atoms with Gasteiger partial charge in [0.2, 0.25) is 0 Å². The van der Waals surface area contributed by atoms with Crippen LogP contribution in [0, 0.1) is 5.41 Å². The monoisotopic (exact) mass is 412 g/mol. The Morgan fingerprint density at radius 3 is 2.47 bits per heavy atom. The third kappa shape index (κ3) is 5.62. The molecule has 0 radical (unpaired) electrons. The molecule has 0 spiro atoms. The maximum Gasteiger partial charge on any atom is 0.327 e. The van der Waals surface area contributed by atoms with Crippen molar-refractivity contribution < 1.29 is 9.90 Å². The van der Waals surface area contributed by atoms with Gasteiger partial charge in [-0.25, -0.2) is 4.79 Å². The molecule has 1 heterocycles. The summed E-state index contributed by atoms with van der Waals surface area (Å²) in [7, 11) is 5.52. The summed E-state index contributed by atoms with van der Waals surface area (Å²) in [4.78, 5) is 12.3. The number of aromatic nitrogens is 2. The second-order valence-electron chi connectivity index (χ2n) is 6.98. The molecule has 2 rings (SSSR count). The van der Waals surface area contributed by atoms with Gasteiger partial charge in [0.25, 0.3) is 0 Å². The van der Waals surface area contributed by atoms with E-state index < -0.39 is 5.97 Å².